The van der Waals surface area contributed by atoms with E-state index in [2.05, 4.69) is 46.4 Å². The summed E-state index contributed by atoms with van der Waals surface area (Å²) in [7, 11) is 1.98. The number of aryl methyl sites for hydroxylation is 1. The second-order valence-corrected chi connectivity index (χ2v) is 5.10. The summed E-state index contributed by atoms with van der Waals surface area (Å²) in [6.45, 7) is 2.11. The fraction of sp³-hybridized carbons (Fsp3) is 0.286. The number of hydrogen-bond donors (Lipinski definition) is 1. The van der Waals surface area contributed by atoms with Gasteiger partial charge in [-0.05, 0) is 49.4 Å². The van der Waals surface area contributed by atoms with Gasteiger partial charge in [-0.25, -0.2) is 0 Å². The lowest BCUT2D eigenvalue weighted by atomic mass is 10.0. The third kappa shape index (κ3) is 3.20. The Morgan fingerprint density at radius 1 is 1.35 bits per heavy atom. The van der Waals surface area contributed by atoms with Crippen molar-refractivity contribution in [3.63, 3.8) is 0 Å². The fourth-order valence-corrected chi connectivity index (χ4v) is 2.61. The number of rotatable bonds is 4. The Bertz CT molecular complexity index is 459. The summed E-state index contributed by atoms with van der Waals surface area (Å²) >= 11 is 3.54. The van der Waals surface area contributed by atoms with Gasteiger partial charge < -0.3 is 9.73 Å². The second-order valence-electron chi connectivity index (χ2n) is 4.19. The number of hydrogen-bond acceptors (Lipinski definition) is 2. The topological polar surface area (TPSA) is 25.2 Å². The van der Waals surface area contributed by atoms with Gasteiger partial charge in [-0.1, -0.05) is 22.0 Å². The molecule has 0 saturated heterocycles. The lowest BCUT2D eigenvalue weighted by Crippen LogP contribution is -2.18. The van der Waals surface area contributed by atoms with Crippen molar-refractivity contribution in [1.82, 2.24) is 5.32 Å². The van der Waals surface area contributed by atoms with E-state index in [9.17, 15) is 0 Å². The molecule has 2 nitrogen and oxygen atoms in total. The van der Waals surface area contributed by atoms with Crippen LogP contribution in [0, 0.1) is 6.92 Å². The molecule has 1 aromatic heterocycles. The molecule has 1 N–H and O–H groups in total. The van der Waals surface area contributed by atoms with Gasteiger partial charge in [-0.3, -0.25) is 0 Å². The van der Waals surface area contributed by atoms with Crippen molar-refractivity contribution in [1.29, 1.82) is 0 Å². The number of likely N-dealkylation sites (N-methyl/N-ethyl adjacent to an activating group) is 1. The van der Waals surface area contributed by atoms with Crippen LogP contribution in [-0.4, -0.2) is 7.05 Å². The van der Waals surface area contributed by atoms with Crippen molar-refractivity contribution in [3.8, 4) is 0 Å². The van der Waals surface area contributed by atoms with Gasteiger partial charge in [0, 0.05) is 16.9 Å². The van der Waals surface area contributed by atoms with Gasteiger partial charge in [-0.15, -0.1) is 0 Å². The molecule has 1 unspecified atom stereocenters. The van der Waals surface area contributed by atoms with Crippen LogP contribution in [0.25, 0.3) is 0 Å². The maximum atomic E-state index is 5.40. The number of nitrogens with one attached hydrogen (secondary N) is 1. The molecular weight excluding hydrogens is 278 g/mol. The highest BCUT2D eigenvalue weighted by Crippen LogP contribution is 2.23. The van der Waals surface area contributed by atoms with E-state index in [1.165, 1.54) is 11.1 Å². The van der Waals surface area contributed by atoms with Gasteiger partial charge in [0.25, 0.3) is 0 Å². The molecule has 3 heteroatoms. The van der Waals surface area contributed by atoms with Gasteiger partial charge in [0.15, 0.2) is 0 Å². The molecule has 0 aliphatic heterocycles. The molecule has 17 heavy (non-hydrogen) atoms. The van der Waals surface area contributed by atoms with Crippen LogP contribution in [0.5, 0.6) is 0 Å². The Labute approximate surface area is 110 Å². The minimum absolute atomic E-state index is 0.275. The van der Waals surface area contributed by atoms with Crippen LogP contribution >= 0.6 is 15.9 Å². The SMILES string of the molecule is CNC(Cc1ccco1)c1cc(C)cc(Br)c1. The molecule has 2 aromatic rings. The standard InChI is InChI=1S/C14H16BrNO/c1-10-6-11(8-12(15)7-10)14(16-2)9-13-4-3-5-17-13/h3-8,14,16H,9H2,1-2H3. The van der Waals surface area contributed by atoms with Crippen LogP contribution in [0.4, 0.5) is 0 Å². The molecule has 0 spiro atoms. The predicted molar refractivity (Wildman–Crippen MR) is 73.1 cm³/mol. The van der Waals surface area contributed by atoms with Crippen LogP contribution in [0.1, 0.15) is 22.9 Å². The van der Waals surface area contributed by atoms with Crippen LogP contribution in [-0.2, 0) is 6.42 Å². The minimum atomic E-state index is 0.275. The third-order valence-electron chi connectivity index (χ3n) is 2.80. The molecule has 2 rings (SSSR count). The van der Waals surface area contributed by atoms with Crippen LogP contribution in [0.15, 0.2) is 45.5 Å². The molecule has 90 valence electrons. The molecule has 1 aromatic carbocycles. The summed E-state index contributed by atoms with van der Waals surface area (Å²) < 4.78 is 6.51. The zero-order chi connectivity index (χ0) is 12.3. The van der Waals surface area contributed by atoms with E-state index in [1.54, 1.807) is 6.26 Å². The first-order valence-electron chi connectivity index (χ1n) is 5.66. The second kappa shape index (κ2) is 5.52. The maximum absolute atomic E-state index is 5.40. The summed E-state index contributed by atoms with van der Waals surface area (Å²) in [6, 6.07) is 10.7. The maximum Gasteiger partial charge on any atom is 0.105 e. The summed E-state index contributed by atoms with van der Waals surface area (Å²) in [5.41, 5.74) is 2.53. The zero-order valence-corrected chi connectivity index (χ0v) is 11.6. The number of furan rings is 1. The molecule has 1 atom stereocenters. The molecule has 0 amide bonds. The number of halogens is 1. The van der Waals surface area contributed by atoms with E-state index in [1.807, 2.05) is 19.2 Å². The van der Waals surface area contributed by atoms with E-state index in [-0.39, 0.29) is 6.04 Å². The van der Waals surface area contributed by atoms with Crippen molar-refractivity contribution in [2.24, 2.45) is 0 Å². The minimum Gasteiger partial charge on any atom is -0.469 e. The predicted octanol–water partition coefficient (Wildman–Crippen LogP) is 3.85. The highest BCUT2D eigenvalue weighted by atomic mass is 79.9. The van der Waals surface area contributed by atoms with Crippen LogP contribution < -0.4 is 5.32 Å². The van der Waals surface area contributed by atoms with Gasteiger partial charge in [0.05, 0.1) is 6.26 Å². The first kappa shape index (κ1) is 12.4. The Morgan fingerprint density at radius 3 is 2.76 bits per heavy atom. The molecule has 0 saturated carbocycles. The quantitative estimate of drug-likeness (QED) is 0.926. The average Bonchev–Trinajstić information content (AvgIpc) is 2.77. The summed E-state index contributed by atoms with van der Waals surface area (Å²) in [4.78, 5) is 0. The van der Waals surface area contributed by atoms with Crippen LogP contribution in [0.3, 0.4) is 0 Å². The highest BCUT2D eigenvalue weighted by Gasteiger charge is 2.12. The van der Waals surface area contributed by atoms with Gasteiger partial charge in [-0.2, -0.15) is 0 Å². The Hall–Kier alpha value is -1.06. The monoisotopic (exact) mass is 293 g/mol. The molecule has 1 heterocycles. The molecule has 0 aliphatic carbocycles. The number of benzene rings is 1. The molecule has 0 fully saturated rings. The molecular formula is C14H16BrNO. The summed E-state index contributed by atoms with van der Waals surface area (Å²) in [5, 5.41) is 3.33. The lowest BCUT2D eigenvalue weighted by molar-refractivity contribution is 0.466. The average molecular weight is 294 g/mol. The molecule has 0 bridgehead atoms. The molecule has 0 aliphatic rings. The van der Waals surface area contributed by atoms with Gasteiger partial charge >= 0.3 is 0 Å². The zero-order valence-electron chi connectivity index (χ0n) is 10.0. The molecule has 0 radical (unpaired) electrons. The normalized spacial score (nSPS) is 12.6. The Morgan fingerprint density at radius 2 is 2.18 bits per heavy atom. The Kier molecular flexibility index (Phi) is 4.02. The smallest absolute Gasteiger partial charge is 0.105 e. The van der Waals surface area contributed by atoms with Crippen molar-refractivity contribution in [3.05, 3.63) is 58.0 Å². The first-order chi connectivity index (χ1) is 8.19. The van der Waals surface area contributed by atoms with E-state index in [4.69, 9.17) is 4.42 Å². The van der Waals surface area contributed by atoms with Crippen molar-refractivity contribution in [2.45, 2.75) is 19.4 Å². The van der Waals surface area contributed by atoms with Crippen molar-refractivity contribution >= 4 is 15.9 Å². The van der Waals surface area contributed by atoms with Crippen molar-refractivity contribution < 1.29 is 4.42 Å². The van der Waals surface area contributed by atoms with E-state index >= 15 is 0 Å². The summed E-state index contributed by atoms with van der Waals surface area (Å²) in [6.07, 6.45) is 2.58. The van der Waals surface area contributed by atoms with E-state index in [0.29, 0.717) is 0 Å². The van der Waals surface area contributed by atoms with Crippen molar-refractivity contribution in [2.75, 3.05) is 7.05 Å². The van der Waals surface area contributed by atoms with Crippen LogP contribution in [0.2, 0.25) is 0 Å². The van der Waals surface area contributed by atoms with E-state index in [0.717, 1.165) is 16.7 Å². The van der Waals surface area contributed by atoms with Gasteiger partial charge in [0.1, 0.15) is 5.76 Å². The highest BCUT2D eigenvalue weighted by molar-refractivity contribution is 9.10. The lowest BCUT2D eigenvalue weighted by Gasteiger charge is -2.16. The largest absolute Gasteiger partial charge is 0.469 e. The van der Waals surface area contributed by atoms with Gasteiger partial charge in [0.2, 0.25) is 0 Å². The first-order valence-corrected chi connectivity index (χ1v) is 6.45. The Balaban J connectivity index is 2.22. The third-order valence-corrected chi connectivity index (χ3v) is 3.26. The van der Waals surface area contributed by atoms with E-state index < -0.39 is 0 Å². The summed E-state index contributed by atoms with van der Waals surface area (Å²) in [5.74, 6) is 1.00. The fourth-order valence-electron chi connectivity index (χ4n) is 1.98.